The zero-order valence-electron chi connectivity index (χ0n) is 13.3. The number of amides is 1. The quantitative estimate of drug-likeness (QED) is 0.868. The summed E-state index contributed by atoms with van der Waals surface area (Å²) in [5.41, 5.74) is 0.409. The minimum absolute atomic E-state index is 0.0240. The molecule has 1 aromatic carbocycles. The first-order valence-electron chi connectivity index (χ1n) is 8.48. The van der Waals surface area contributed by atoms with Crippen molar-refractivity contribution in [1.82, 2.24) is 10.0 Å². The van der Waals surface area contributed by atoms with Crippen LogP contribution < -0.4 is 10.0 Å². The Balaban J connectivity index is 1.71. The molecule has 5 nitrogen and oxygen atoms in total. The molecule has 2 aliphatic rings. The molecule has 2 aliphatic carbocycles. The molecule has 1 aromatic rings. The molecule has 6 heteroatoms. The van der Waals surface area contributed by atoms with Crippen molar-refractivity contribution < 1.29 is 13.2 Å². The van der Waals surface area contributed by atoms with E-state index in [1.54, 1.807) is 18.2 Å². The minimum atomic E-state index is -3.56. The highest BCUT2D eigenvalue weighted by atomic mass is 32.2. The number of nitrogens with one attached hydrogen (secondary N) is 2. The first kappa shape index (κ1) is 16.5. The third kappa shape index (κ3) is 4.12. The van der Waals surface area contributed by atoms with E-state index in [1.807, 2.05) is 0 Å². The van der Waals surface area contributed by atoms with Gasteiger partial charge in [-0.25, -0.2) is 13.1 Å². The summed E-state index contributed by atoms with van der Waals surface area (Å²) < 4.78 is 27.7. The molecule has 23 heavy (non-hydrogen) atoms. The van der Waals surface area contributed by atoms with E-state index in [0.29, 0.717) is 5.56 Å². The van der Waals surface area contributed by atoms with Gasteiger partial charge in [0.2, 0.25) is 10.0 Å². The zero-order valence-corrected chi connectivity index (χ0v) is 14.1. The van der Waals surface area contributed by atoms with Crippen LogP contribution in [-0.4, -0.2) is 26.4 Å². The second-order valence-electron chi connectivity index (χ2n) is 6.59. The third-order valence-corrected chi connectivity index (χ3v) is 6.29. The van der Waals surface area contributed by atoms with Crippen LogP contribution in [0, 0.1) is 0 Å². The number of hydrogen-bond acceptors (Lipinski definition) is 3. The highest BCUT2D eigenvalue weighted by molar-refractivity contribution is 7.89. The molecule has 0 spiro atoms. The fraction of sp³-hybridized carbons (Fsp3) is 0.588. The molecule has 0 atom stereocenters. The summed E-state index contributed by atoms with van der Waals surface area (Å²) in [6.45, 7) is 0. The molecule has 2 fully saturated rings. The summed E-state index contributed by atoms with van der Waals surface area (Å²) in [4.78, 5) is 12.5. The van der Waals surface area contributed by atoms with Gasteiger partial charge in [0.15, 0.2) is 0 Å². The average molecular weight is 336 g/mol. The van der Waals surface area contributed by atoms with Gasteiger partial charge in [0, 0.05) is 17.6 Å². The van der Waals surface area contributed by atoms with Crippen molar-refractivity contribution in [2.75, 3.05) is 0 Å². The molecule has 3 rings (SSSR count). The van der Waals surface area contributed by atoms with Gasteiger partial charge in [0.05, 0.1) is 4.90 Å². The molecule has 1 amide bonds. The van der Waals surface area contributed by atoms with Crippen molar-refractivity contribution in [2.24, 2.45) is 0 Å². The summed E-state index contributed by atoms with van der Waals surface area (Å²) in [6.07, 6.45) is 8.21. The predicted molar refractivity (Wildman–Crippen MR) is 88.7 cm³/mol. The van der Waals surface area contributed by atoms with Crippen LogP contribution in [0.25, 0.3) is 0 Å². The first-order valence-corrected chi connectivity index (χ1v) is 9.96. The SMILES string of the molecule is O=C(NC1CCCC1)c1cccc(S(=O)(=O)NC2CCCC2)c1. The van der Waals surface area contributed by atoms with Crippen LogP contribution in [0.15, 0.2) is 29.2 Å². The molecule has 0 radical (unpaired) electrons. The number of carbonyl (C=O) groups excluding carboxylic acids is 1. The van der Waals surface area contributed by atoms with Crippen molar-refractivity contribution in [2.45, 2.75) is 68.3 Å². The van der Waals surface area contributed by atoms with Crippen LogP contribution in [0.3, 0.4) is 0 Å². The Bertz CT molecular complexity index is 660. The van der Waals surface area contributed by atoms with E-state index in [2.05, 4.69) is 10.0 Å². The lowest BCUT2D eigenvalue weighted by Crippen LogP contribution is -2.34. The van der Waals surface area contributed by atoms with Crippen LogP contribution in [-0.2, 0) is 10.0 Å². The normalized spacial score (nSPS) is 20.0. The fourth-order valence-corrected chi connectivity index (χ4v) is 4.82. The lowest BCUT2D eigenvalue weighted by atomic mass is 10.2. The average Bonchev–Trinajstić information content (AvgIpc) is 3.21. The second-order valence-corrected chi connectivity index (χ2v) is 8.30. The lowest BCUT2D eigenvalue weighted by Gasteiger charge is -2.14. The molecule has 2 N–H and O–H groups in total. The van der Waals surface area contributed by atoms with Crippen molar-refractivity contribution in [3.05, 3.63) is 29.8 Å². The molecule has 0 aromatic heterocycles. The second kappa shape index (κ2) is 7.01. The van der Waals surface area contributed by atoms with Gasteiger partial charge >= 0.3 is 0 Å². The number of sulfonamides is 1. The Kier molecular flexibility index (Phi) is 5.02. The van der Waals surface area contributed by atoms with Crippen LogP contribution in [0.5, 0.6) is 0 Å². The van der Waals surface area contributed by atoms with Gasteiger partial charge in [-0.1, -0.05) is 31.7 Å². The van der Waals surface area contributed by atoms with Gasteiger partial charge in [-0.3, -0.25) is 4.79 Å². The van der Waals surface area contributed by atoms with Gasteiger partial charge in [-0.05, 0) is 43.9 Å². The standard InChI is InChI=1S/C17H24N2O3S/c20-17(18-14-7-1-2-8-14)13-6-5-11-16(12-13)23(21,22)19-15-9-3-4-10-15/h5-6,11-12,14-15,19H,1-4,7-10H2,(H,18,20). The Labute approximate surface area is 137 Å². The third-order valence-electron chi connectivity index (χ3n) is 4.77. The van der Waals surface area contributed by atoms with Crippen LogP contribution in [0.4, 0.5) is 0 Å². The van der Waals surface area contributed by atoms with E-state index in [4.69, 9.17) is 0 Å². The maximum absolute atomic E-state index is 12.5. The molecule has 0 bridgehead atoms. The zero-order chi connectivity index (χ0) is 16.3. The van der Waals surface area contributed by atoms with E-state index in [1.165, 1.54) is 6.07 Å². The van der Waals surface area contributed by atoms with Crippen molar-refractivity contribution >= 4 is 15.9 Å². The Morgan fingerprint density at radius 2 is 1.57 bits per heavy atom. The maximum atomic E-state index is 12.5. The fourth-order valence-electron chi connectivity index (χ4n) is 3.47. The van der Waals surface area contributed by atoms with Gasteiger partial charge < -0.3 is 5.32 Å². The summed E-state index contributed by atoms with van der Waals surface area (Å²) in [6, 6.07) is 6.56. The molecular weight excluding hydrogens is 312 g/mol. The van der Waals surface area contributed by atoms with Gasteiger partial charge in [-0.2, -0.15) is 0 Å². The monoisotopic (exact) mass is 336 g/mol. The van der Waals surface area contributed by atoms with Crippen LogP contribution in [0.2, 0.25) is 0 Å². The van der Waals surface area contributed by atoms with E-state index in [-0.39, 0.29) is 22.9 Å². The topological polar surface area (TPSA) is 75.3 Å². The van der Waals surface area contributed by atoms with Gasteiger partial charge in [0.1, 0.15) is 0 Å². The Morgan fingerprint density at radius 3 is 2.22 bits per heavy atom. The summed E-state index contributed by atoms with van der Waals surface area (Å²) in [7, 11) is -3.56. The van der Waals surface area contributed by atoms with Crippen molar-refractivity contribution in [3.8, 4) is 0 Å². The molecule has 0 heterocycles. The number of carbonyl (C=O) groups is 1. The van der Waals surface area contributed by atoms with Crippen LogP contribution >= 0.6 is 0 Å². The number of benzene rings is 1. The first-order chi connectivity index (χ1) is 11.0. The summed E-state index contributed by atoms with van der Waals surface area (Å²) in [5.74, 6) is -0.185. The molecule has 2 saturated carbocycles. The largest absolute Gasteiger partial charge is 0.349 e. The summed E-state index contributed by atoms with van der Waals surface area (Å²) >= 11 is 0. The van der Waals surface area contributed by atoms with Gasteiger partial charge in [0.25, 0.3) is 5.91 Å². The Morgan fingerprint density at radius 1 is 0.957 bits per heavy atom. The molecule has 126 valence electrons. The smallest absolute Gasteiger partial charge is 0.251 e. The van der Waals surface area contributed by atoms with Crippen molar-refractivity contribution in [3.63, 3.8) is 0 Å². The highest BCUT2D eigenvalue weighted by Crippen LogP contribution is 2.21. The number of rotatable bonds is 5. The Hall–Kier alpha value is -1.40. The van der Waals surface area contributed by atoms with E-state index >= 15 is 0 Å². The van der Waals surface area contributed by atoms with E-state index < -0.39 is 10.0 Å². The lowest BCUT2D eigenvalue weighted by molar-refractivity contribution is 0.0937. The molecule has 0 unspecified atom stereocenters. The van der Waals surface area contributed by atoms with Gasteiger partial charge in [-0.15, -0.1) is 0 Å². The predicted octanol–water partition coefficient (Wildman–Crippen LogP) is 2.58. The van der Waals surface area contributed by atoms with Crippen LogP contribution in [0.1, 0.15) is 61.7 Å². The minimum Gasteiger partial charge on any atom is -0.349 e. The molecular formula is C17H24N2O3S. The molecule has 0 aliphatic heterocycles. The molecule has 0 saturated heterocycles. The summed E-state index contributed by atoms with van der Waals surface area (Å²) in [5, 5.41) is 2.99. The maximum Gasteiger partial charge on any atom is 0.251 e. The van der Waals surface area contributed by atoms with Crippen molar-refractivity contribution in [1.29, 1.82) is 0 Å². The van der Waals surface area contributed by atoms with E-state index in [9.17, 15) is 13.2 Å². The van der Waals surface area contributed by atoms with E-state index in [0.717, 1.165) is 51.4 Å². The highest BCUT2D eigenvalue weighted by Gasteiger charge is 2.24. The number of hydrogen-bond donors (Lipinski definition) is 2.